The zero-order chi connectivity index (χ0) is 16.9. The highest BCUT2D eigenvalue weighted by Crippen LogP contribution is 2.58. The number of hydrogen-bond donors (Lipinski definition) is 2. The molecule has 0 bridgehead atoms. The van der Waals surface area contributed by atoms with E-state index in [2.05, 4.69) is 23.9 Å². The Balaban J connectivity index is 2.43. The summed E-state index contributed by atoms with van der Waals surface area (Å²) >= 11 is 1.31. The lowest BCUT2D eigenvalue weighted by Gasteiger charge is -2.20. The highest BCUT2D eigenvalue weighted by molar-refractivity contribution is 8.04. The van der Waals surface area contributed by atoms with Crippen LogP contribution in [0.3, 0.4) is 0 Å². The number of aryl methyl sites for hydroxylation is 1. The Morgan fingerprint density at radius 3 is 2.70 bits per heavy atom. The van der Waals surface area contributed by atoms with Gasteiger partial charge in [0.25, 0.3) is 0 Å². The summed E-state index contributed by atoms with van der Waals surface area (Å²) in [6.07, 6.45) is 6.39. The number of fused-ring (bicyclic) bond motifs is 1. The monoisotopic (exact) mass is 357 g/mol. The Kier molecular flexibility index (Phi) is 6.65. The van der Waals surface area contributed by atoms with Crippen LogP contribution in [0.4, 0.5) is 0 Å². The van der Waals surface area contributed by atoms with Crippen molar-refractivity contribution in [2.24, 2.45) is 0 Å². The molecule has 8 heteroatoms. The molecule has 2 aromatic heterocycles. The lowest BCUT2D eigenvalue weighted by molar-refractivity contribution is 0.369. The average molecular weight is 357 g/mol. The van der Waals surface area contributed by atoms with Gasteiger partial charge in [-0.1, -0.05) is 26.7 Å². The van der Waals surface area contributed by atoms with E-state index >= 15 is 0 Å². The minimum Gasteiger partial charge on any atom is -0.323 e. The molecule has 0 radical (unpaired) electrons. The van der Waals surface area contributed by atoms with Crippen LogP contribution < -0.4 is 0 Å². The third kappa shape index (κ3) is 4.80. The van der Waals surface area contributed by atoms with Gasteiger partial charge < -0.3 is 9.79 Å². The van der Waals surface area contributed by atoms with Crippen molar-refractivity contribution in [2.45, 2.75) is 50.9 Å². The zero-order valence-electron chi connectivity index (χ0n) is 13.6. The normalized spacial score (nSPS) is 13.6. The van der Waals surface area contributed by atoms with Gasteiger partial charge >= 0.3 is 7.60 Å². The molecule has 0 spiro atoms. The average Bonchev–Trinajstić information content (AvgIpc) is 2.96. The van der Waals surface area contributed by atoms with Crippen molar-refractivity contribution in [1.29, 1.82) is 0 Å². The molecule has 2 rings (SSSR count). The zero-order valence-corrected chi connectivity index (χ0v) is 15.3. The molecule has 6 nitrogen and oxygen atoms in total. The first-order valence-electron chi connectivity index (χ1n) is 7.97. The van der Waals surface area contributed by atoms with Crippen molar-refractivity contribution in [3.8, 4) is 0 Å². The molecule has 2 heterocycles. The van der Waals surface area contributed by atoms with Gasteiger partial charge in [0.15, 0.2) is 5.65 Å². The molecule has 0 aromatic carbocycles. The molecule has 2 N–H and O–H groups in total. The largest absolute Gasteiger partial charge is 0.344 e. The Bertz CT molecular complexity index is 686. The van der Waals surface area contributed by atoms with Crippen LogP contribution >= 0.6 is 19.4 Å². The van der Waals surface area contributed by atoms with Gasteiger partial charge in [-0.25, -0.2) is 9.50 Å². The SMILES string of the molecule is CCCCSC(c1cc(CCCC)nc2ccnn12)P(=O)(O)O. The van der Waals surface area contributed by atoms with Crippen LogP contribution in [0.1, 0.15) is 55.9 Å². The summed E-state index contributed by atoms with van der Waals surface area (Å²) in [4.78, 5) is 23.3. The van der Waals surface area contributed by atoms with E-state index in [1.807, 2.05) is 0 Å². The Morgan fingerprint density at radius 1 is 1.30 bits per heavy atom. The van der Waals surface area contributed by atoms with Crippen LogP contribution in [0.2, 0.25) is 0 Å². The molecule has 0 aliphatic rings. The number of unbranched alkanes of at least 4 members (excludes halogenated alkanes) is 2. The van der Waals surface area contributed by atoms with E-state index in [0.717, 1.165) is 37.8 Å². The fourth-order valence-corrected chi connectivity index (χ4v) is 4.99. The predicted molar refractivity (Wildman–Crippen MR) is 93.8 cm³/mol. The van der Waals surface area contributed by atoms with Crippen molar-refractivity contribution in [3.05, 3.63) is 29.7 Å². The summed E-state index contributed by atoms with van der Waals surface area (Å²) < 4.78 is 13.6. The fourth-order valence-electron chi connectivity index (χ4n) is 2.35. The van der Waals surface area contributed by atoms with E-state index in [9.17, 15) is 14.4 Å². The third-order valence-electron chi connectivity index (χ3n) is 3.56. The summed E-state index contributed by atoms with van der Waals surface area (Å²) in [5.74, 6) is 0.710. The molecule has 1 atom stereocenters. The summed E-state index contributed by atoms with van der Waals surface area (Å²) in [6, 6.07) is 3.57. The maximum atomic E-state index is 12.0. The van der Waals surface area contributed by atoms with Crippen molar-refractivity contribution >= 4 is 25.0 Å². The molecule has 2 aromatic rings. The van der Waals surface area contributed by atoms with E-state index in [4.69, 9.17) is 0 Å². The minimum atomic E-state index is -4.29. The van der Waals surface area contributed by atoms with Crippen molar-refractivity contribution in [3.63, 3.8) is 0 Å². The Hall–Kier alpha value is -0.880. The highest BCUT2D eigenvalue weighted by atomic mass is 32.2. The van der Waals surface area contributed by atoms with Gasteiger partial charge in [-0.15, -0.1) is 11.8 Å². The highest BCUT2D eigenvalue weighted by Gasteiger charge is 2.33. The molecule has 0 saturated carbocycles. The second-order valence-electron chi connectivity index (χ2n) is 5.54. The quantitative estimate of drug-likeness (QED) is 0.524. The van der Waals surface area contributed by atoms with E-state index in [0.29, 0.717) is 17.1 Å². The van der Waals surface area contributed by atoms with Gasteiger partial charge in [0.05, 0.1) is 11.9 Å². The van der Waals surface area contributed by atoms with Gasteiger partial charge in [-0.3, -0.25) is 4.57 Å². The van der Waals surface area contributed by atoms with Gasteiger partial charge in [-0.05, 0) is 31.1 Å². The fraction of sp³-hybridized carbons (Fsp3) is 0.600. The summed E-state index contributed by atoms with van der Waals surface area (Å²) in [6.45, 7) is 4.17. The lowest BCUT2D eigenvalue weighted by Crippen LogP contribution is -2.08. The first-order valence-corrected chi connectivity index (χ1v) is 10.7. The van der Waals surface area contributed by atoms with Crippen LogP contribution in [0.15, 0.2) is 18.3 Å². The number of aromatic nitrogens is 3. The molecular weight excluding hydrogens is 333 g/mol. The van der Waals surface area contributed by atoms with E-state index < -0.39 is 12.6 Å². The number of nitrogens with zero attached hydrogens (tertiary/aromatic N) is 3. The predicted octanol–water partition coefficient (Wildman–Crippen LogP) is 3.78. The molecule has 128 valence electrons. The van der Waals surface area contributed by atoms with Crippen molar-refractivity contribution in [1.82, 2.24) is 14.6 Å². The van der Waals surface area contributed by atoms with Gasteiger partial charge in [-0.2, -0.15) is 5.10 Å². The van der Waals surface area contributed by atoms with Crippen molar-refractivity contribution < 1.29 is 14.4 Å². The second kappa shape index (κ2) is 8.29. The standard InChI is InChI=1S/C15H24N3O3PS/c1-3-5-7-12-11-13(18-14(17-12)8-9-16-18)15(22(19,20)21)23-10-6-4-2/h8-9,11,15H,3-7,10H2,1-2H3,(H2,19,20,21). The molecular formula is C15H24N3O3PS. The molecule has 0 aliphatic carbocycles. The Labute approximate surface area is 140 Å². The van der Waals surface area contributed by atoms with Crippen LogP contribution in [0.25, 0.3) is 5.65 Å². The smallest absolute Gasteiger partial charge is 0.323 e. The third-order valence-corrected chi connectivity index (χ3v) is 6.79. The summed E-state index contributed by atoms with van der Waals surface area (Å²) in [5, 5.41) is 4.20. The van der Waals surface area contributed by atoms with E-state index in [-0.39, 0.29) is 0 Å². The van der Waals surface area contributed by atoms with Gasteiger partial charge in [0.2, 0.25) is 0 Å². The van der Waals surface area contributed by atoms with Crippen LogP contribution in [-0.4, -0.2) is 30.1 Å². The summed E-state index contributed by atoms with van der Waals surface area (Å²) in [5.41, 5.74) is 2.05. The van der Waals surface area contributed by atoms with E-state index in [1.54, 1.807) is 22.8 Å². The topological polar surface area (TPSA) is 87.7 Å². The number of thioether (sulfide) groups is 1. The maximum absolute atomic E-state index is 12.0. The number of rotatable bonds is 9. The van der Waals surface area contributed by atoms with Gasteiger partial charge in [0.1, 0.15) is 4.99 Å². The maximum Gasteiger partial charge on any atom is 0.344 e. The molecule has 0 fully saturated rings. The Morgan fingerprint density at radius 2 is 2.04 bits per heavy atom. The molecule has 1 unspecified atom stereocenters. The molecule has 23 heavy (non-hydrogen) atoms. The van der Waals surface area contributed by atoms with Crippen molar-refractivity contribution in [2.75, 3.05) is 5.75 Å². The van der Waals surface area contributed by atoms with Crippen LogP contribution in [-0.2, 0) is 11.0 Å². The first-order chi connectivity index (χ1) is 11.0. The molecule has 0 amide bonds. The van der Waals surface area contributed by atoms with E-state index in [1.165, 1.54) is 11.8 Å². The summed E-state index contributed by atoms with van der Waals surface area (Å²) in [7, 11) is -4.29. The molecule has 0 saturated heterocycles. The lowest BCUT2D eigenvalue weighted by atomic mass is 10.2. The second-order valence-corrected chi connectivity index (χ2v) is 8.80. The number of hydrogen-bond acceptors (Lipinski definition) is 4. The minimum absolute atomic E-state index is 0.542. The van der Waals surface area contributed by atoms with Crippen LogP contribution in [0.5, 0.6) is 0 Å². The first kappa shape index (κ1) is 18.5. The van der Waals surface area contributed by atoms with Gasteiger partial charge in [0, 0.05) is 11.8 Å². The van der Waals surface area contributed by atoms with Crippen LogP contribution in [0, 0.1) is 0 Å². The molecule has 0 aliphatic heterocycles.